The van der Waals surface area contributed by atoms with Crippen LogP contribution < -0.4 is 19.5 Å². The van der Waals surface area contributed by atoms with E-state index in [1.165, 1.54) is 0 Å². The first-order chi connectivity index (χ1) is 16.8. The van der Waals surface area contributed by atoms with Gasteiger partial charge in [0.15, 0.2) is 5.82 Å². The zero-order chi connectivity index (χ0) is 25.2. The average Bonchev–Trinajstić information content (AvgIpc) is 3.52. The van der Waals surface area contributed by atoms with Gasteiger partial charge in [0, 0.05) is 18.3 Å². The van der Waals surface area contributed by atoms with E-state index >= 15 is 0 Å². The van der Waals surface area contributed by atoms with Gasteiger partial charge in [0.25, 0.3) is 0 Å². The number of anilines is 1. The molecule has 4 rings (SSSR count). The summed E-state index contributed by atoms with van der Waals surface area (Å²) >= 11 is 0. The van der Waals surface area contributed by atoms with Crippen molar-refractivity contribution in [2.45, 2.75) is 50.8 Å². The molecule has 3 heterocycles. The van der Waals surface area contributed by atoms with E-state index in [0.29, 0.717) is 28.8 Å². The summed E-state index contributed by atoms with van der Waals surface area (Å²) in [5.74, 6) is 1.63. The number of aryl methyl sites for hydroxylation is 1. The number of ether oxygens (including phenoxy) is 2. The SMILES string of the molecule is COc1cccc(OC)c1-n1c(NS(=O)(=O)C(C)C(C)c2ncc(C)cn2)nnc1[C@@H]1CCCN1. The van der Waals surface area contributed by atoms with Gasteiger partial charge < -0.3 is 14.8 Å². The van der Waals surface area contributed by atoms with Crippen molar-refractivity contribution in [3.05, 3.63) is 47.8 Å². The Hall–Kier alpha value is -3.25. The highest BCUT2D eigenvalue weighted by molar-refractivity contribution is 7.93. The topological polar surface area (TPSA) is 133 Å². The number of sulfonamides is 1. The van der Waals surface area contributed by atoms with E-state index in [9.17, 15) is 8.42 Å². The number of nitrogens with one attached hydrogen (secondary N) is 2. The molecule has 1 saturated heterocycles. The third kappa shape index (κ3) is 4.94. The van der Waals surface area contributed by atoms with Crippen LogP contribution in [0.1, 0.15) is 55.9 Å². The molecule has 2 unspecified atom stereocenters. The largest absolute Gasteiger partial charge is 0.494 e. The van der Waals surface area contributed by atoms with Gasteiger partial charge in [-0.05, 0) is 50.9 Å². The minimum Gasteiger partial charge on any atom is -0.494 e. The van der Waals surface area contributed by atoms with E-state index in [1.807, 2.05) is 6.92 Å². The monoisotopic (exact) mass is 501 g/mol. The maximum atomic E-state index is 13.5. The van der Waals surface area contributed by atoms with Gasteiger partial charge in [-0.15, -0.1) is 10.2 Å². The van der Waals surface area contributed by atoms with Crippen molar-refractivity contribution in [1.29, 1.82) is 0 Å². The minimum atomic E-state index is -3.91. The first kappa shape index (κ1) is 24.9. The molecule has 3 atom stereocenters. The quantitative estimate of drug-likeness (QED) is 0.454. The minimum absolute atomic E-state index is 0.0559. The number of methoxy groups -OCH3 is 2. The molecule has 0 aliphatic carbocycles. The molecule has 1 fully saturated rings. The Bertz CT molecular complexity index is 1250. The standard InChI is InChI=1S/C23H31N7O4S/c1-14-12-25-21(26-13-14)15(2)16(3)35(31,32)29-23-28-27-22(17-8-7-11-24-17)30(23)20-18(33-4)9-6-10-19(20)34-5/h6,9-10,12-13,15-17,24H,7-8,11H2,1-5H3,(H,28,29)/t15?,16?,17-/m0/s1. The second kappa shape index (κ2) is 10.2. The number of rotatable bonds is 9. The summed E-state index contributed by atoms with van der Waals surface area (Å²) in [6.45, 7) is 6.13. The Balaban J connectivity index is 1.76. The highest BCUT2D eigenvalue weighted by Crippen LogP contribution is 2.38. The Morgan fingerprint density at radius 3 is 2.34 bits per heavy atom. The molecule has 0 amide bonds. The van der Waals surface area contributed by atoms with Crippen LogP contribution in [0.2, 0.25) is 0 Å². The van der Waals surface area contributed by atoms with E-state index < -0.39 is 21.2 Å². The van der Waals surface area contributed by atoms with Gasteiger partial charge in [-0.2, -0.15) is 0 Å². The van der Waals surface area contributed by atoms with Crippen LogP contribution in [0.3, 0.4) is 0 Å². The molecule has 35 heavy (non-hydrogen) atoms. The molecule has 2 aromatic heterocycles. The van der Waals surface area contributed by atoms with Crippen LogP contribution in [0.5, 0.6) is 11.5 Å². The molecule has 11 nitrogen and oxygen atoms in total. The summed E-state index contributed by atoms with van der Waals surface area (Å²) in [6.07, 6.45) is 5.18. The normalized spacial score (nSPS) is 17.7. The van der Waals surface area contributed by atoms with E-state index in [1.54, 1.807) is 63.2 Å². The molecule has 3 aromatic rings. The van der Waals surface area contributed by atoms with Gasteiger partial charge in [0.1, 0.15) is 23.0 Å². The molecule has 1 aliphatic heterocycles. The highest BCUT2D eigenvalue weighted by Gasteiger charge is 2.33. The van der Waals surface area contributed by atoms with Crippen LogP contribution >= 0.6 is 0 Å². The molecular weight excluding hydrogens is 470 g/mol. The first-order valence-corrected chi connectivity index (χ1v) is 13.0. The van der Waals surface area contributed by atoms with Crippen LogP contribution in [0, 0.1) is 6.92 Å². The molecule has 188 valence electrons. The van der Waals surface area contributed by atoms with Crippen molar-refractivity contribution in [3.8, 4) is 17.2 Å². The maximum Gasteiger partial charge on any atom is 0.243 e. The molecule has 0 bridgehead atoms. The Morgan fingerprint density at radius 2 is 1.77 bits per heavy atom. The molecule has 0 saturated carbocycles. The Morgan fingerprint density at radius 1 is 1.11 bits per heavy atom. The third-order valence-corrected chi connectivity index (χ3v) is 8.18. The van der Waals surface area contributed by atoms with E-state index in [4.69, 9.17) is 9.47 Å². The van der Waals surface area contributed by atoms with Crippen molar-refractivity contribution >= 4 is 16.0 Å². The summed E-state index contributed by atoms with van der Waals surface area (Å²) in [7, 11) is -0.812. The second-order valence-corrected chi connectivity index (χ2v) is 10.7. The highest BCUT2D eigenvalue weighted by atomic mass is 32.2. The molecule has 12 heteroatoms. The van der Waals surface area contributed by atoms with Crippen LogP contribution in [-0.4, -0.2) is 59.2 Å². The van der Waals surface area contributed by atoms with Crippen LogP contribution in [0.15, 0.2) is 30.6 Å². The van der Waals surface area contributed by atoms with Crippen molar-refractivity contribution in [3.63, 3.8) is 0 Å². The van der Waals surface area contributed by atoms with E-state index in [0.717, 1.165) is 24.9 Å². The molecule has 1 aromatic carbocycles. The Labute approximate surface area is 205 Å². The number of para-hydroxylation sites is 1. The Kier molecular flexibility index (Phi) is 7.22. The van der Waals surface area contributed by atoms with Gasteiger partial charge in [-0.25, -0.2) is 18.4 Å². The maximum absolute atomic E-state index is 13.5. The zero-order valence-electron chi connectivity index (χ0n) is 20.5. The van der Waals surface area contributed by atoms with Gasteiger partial charge in [-0.1, -0.05) is 13.0 Å². The zero-order valence-corrected chi connectivity index (χ0v) is 21.3. The smallest absolute Gasteiger partial charge is 0.243 e. The van der Waals surface area contributed by atoms with Gasteiger partial charge in [0.2, 0.25) is 16.0 Å². The van der Waals surface area contributed by atoms with Crippen molar-refractivity contribution in [2.24, 2.45) is 0 Å². The summed E-state index contributed by atoms with van der Waals surface area (Å²) in [5, 5.41) is 11.2. The van der Waals surface area contributed by atoms with Crippen molar-refractivity contribution in [2.75, 3.05) is 25.5 Å². The average molecular weight is 502 g/mol. The van der Waals surface area contributed by atoms with Crippen molar-refractivity contribution < 1.29 is 17.9 Å². The summed E-state index contributed by atoms with van der Waals surface area (Å²) in [4.78, 5) is 8.62. The van der Waals surface area contributed by atoms with E-state index in [2.05, 4.69) is 30.2 Å². The molecule has 0 spiro atoms. The van der Waals surface area contributed by atoms with Crippen LogP contribution in [0.4, 0.5) is 5.95 Å². The molecular formula is C23H31N7O4S. The fraction of sp³-hybridized carbons (Fsp3) is 0.478. The third-order valence-electron chi connectivity index (χ3n) is 6.32. The fourth-order valence-corrected chi connectivity index (χ4v) is 5.33. The second-order valence-electron chi connectivity index (χ2n) is 8.64. The van der Waals surface area contributed by atoms with Gasteiger partial charge >= 0.3 is 0 Å². The number of hydrogen-bond donors (Lipinski definition) is 2. The lowest BCUT2D eigenvalue weighted by atomic mass is 10.1. The predicted octanol–water partition coefficient (Wildman–Crippen LogP) is 2.74. The number of benzene rings is 1. The predicted molar refractivity (Wildman–Crippen MR) is 132 cm³/mol. The molecule has 1 aliphatic rings. The fourth-order valence-electron chi connectivity index (χ4n) is 4.10. The van der Waals surface area contributed by atoms with Crippen LogP contribution in [0.25, 0.3) is 5.69 Å². The van der Waals surface area contributed by atoms with Crippen LogP contribution in [-0.2, 0) is 10.0 Å². The lowest BCUT2D eigenvalue weighted by Crippen LogP contribution is -2.31. The first-order valence-electron chi connectivity index (χ1n) is 11.5. The summed E-state index contributed by atoms with van der Waals surface area (Å²) in [6, 6.07) is 5.27. The lowest BCUT2D eigenvalue weighted by Gasteiger charge is -2.22. The van der Waals surface area contributed by atoms with Gasteiger partial charge in [0.05, 0.1) is 25.5 Å². The molecule has 2 N–H and O–H groups in total. The van der Waals surface area contributed by atoms with Crippen molar-refractivity contribution in [1.82, 2.24) is 30.0 Å². The number of hydrogen-bond acceptors (Lipinski definition) is 9. The van der Waals surface area contributed by atoms with Gasteiger partial charge in [-0.3, -0.25) is 9.29 Å². The lowest BCUT2D eigenvalue weighted by molar-refractivity contribution is 0.390. The number of aromatic nitrogens is 5. The number of nitrogens with zero attached hydrogens (tertiary/aromatic N) is 5. The summed E-state index contributed by atoms with van der Waals surface area (Å²) in [5.41, 5.74) is 1.42. The molecule has 0 radical (unpaired) electrons. The summed E-state index contributed by atoms with van der Waals surface area (Å²) < 4.78 is 42.5. The van der Waals surface area contributed by atoms with E-state index in [-0.39, 0.29) is 12.0 Å².